The van der Waals surface area contributed by atoms with Gasteiger partial charge in [-0.15, -0.1) is 0 Å². The van der Waals surface area contributed by atoms with Gasteiger partial charge in [-0.1, -0.05) is 0 Å². The van der Waals surface area contributed by atoms with E-state index in [1.165, 1.54) is 12.8 Å². The first kappa shape index (κ1) is 13.3. The summed E-state index contributed by atoms with van der Waals surface area (Å²) in [5, 5.41) is 0. The first-order valence-corrected chi connectivity index (χ1v) is 6.84. The average Bonchev–Trinajstić information content (AvgIpc) is 3.19. The number of nitrogens with zero attached hydrogens (tertiary/aromatic N) is 1. The third-order valence-electron chi connectivity index (χ3n) is 4.23. The molecule has 0 amide bonds. The molecule has 0 bridgehead atoms. The Hall–Kier alpha value is -0.160. The standard InChI is InChI=1S/C13H26N2O2/c1-15(6-9-17-10-12-2-3-12)13(11-14)4-7-16-8-5-13/h12H,2-11,14H2,1H3. The summed E-state index contributed by atoms with van der Waals surface area (Å²) in [5.74, 6) is 0.854. The van der Waals surface area contributed by atoms with Gasteiger partial charge in [0.05, 0.1) is 6.61 Å². The van der Waals surface area contributed by atoms with Crippen LogP contribution in [-0.4, -0.2) is 57.0 Å². The van der Waals surface area contributed by atoms with Crippen LogP contribution < -0.4 is 5.73 Å². The van der Waals surface area contributed by atoms with E-state index in [0.29, 0.717) is 0 Å². The van der Waals surface area contributed by atoms with Gasteiger partial charge in [-0.05, 0) is 38.6 Å². The second-order valence-corrected chi connectivity index (χ2v) is 5.48. The molecule has 2 N–H and O–H groups in total. The van der Waals surface area contributed by atoms with E-state index >= 15 is 0 Å². The SMILES string of the molecule is CN(CCOCC1CC1)C1(CN)CCOCC1. The van der Waals surface area contributed by atoms with Crippen LogP contribution in [0.4, 0.5) is 0 Å². The van der Waals surface area contributed by atoms with Gasteiger partial charge in [-0.2, -0.15) is 0 Å². The van der Waals surface area contributed by atoms with Crippen LogP contribution in [0.3, 0.4) is 0 Å². The lowest BCUT2D eigenvalue weighted by Gasteiger charge is -2.43. The van der Waals surface area contributed by atoms with Crippen LogP contribution in [0.5, 0.6) is 0 Å². The Morgan fingerprint density at radius 1 is 1.35 bits per heavy atom. The van der Waals surface area contributed by atoms with Gasteiger partial charge in [0.15, 0.2) is 0 Å². The zero-order valence-electron chi connectivity index (χ0n) is 11.0. The lowest BCUT2D eigenvalue weighted by atomic mass is 9.88. The Morgan fingerprint density at radius 3 is 2.65 bits per heavy atom. The Kier molecular flexibility index (Phi) is 4.79. The molecule has 0 aromatic rings. The normalized spacial score (nSPS) is 24.2. The van der Waals surface area contributed by atoms with Gasteiger partial charge in [0, 0.05) is 38.4 Å². The predicted molar refractivity (Wildman–Crippen MR) is 68.0 cm³/mol. The molecule has 0 aromatic heterocycles. The summed E-state index contributed by atoms with van der Waals surface area (Å²) < 4.78 is 11.1. The Labute approximate surface area is 104 Å². The summed E-state index contributed by atoms with van der Waals surface area (Å²) in [4.78, 5) is 2.38. The molecule has 4 heteroatoms. The molecule has 2 aliphatic rings. The third-order valence-corrected chi connectivity index (χ3v) is 4.23. The number of rotatable bonds is 7. The van der Waals surface area contributed by atoms with E-state index in [9.17, 15) is 0 Å². The number of likely N-dealkylation sites (N-methyl/N-ethyl adjacent to an activating group) is 1. The number of nitrogens with two attached hydrogens (primary N) is 1. The summed E-state index contributed by atoms with van der Waals surface area (Å²) >= 11 is 0. The molecule has 2 fully saturated rings. The zero-order valence-corrected chi connectivity index (χ0v) is 11.0. The lowest BCUT2D eigenvalue weighted by molar-refractivity contribution is -0.0237. The van der Waals surface area contributed by atoms with E-state index in [1.807, 2.05) is 0 Å². The quantitative estimate of drug-likeness (QED) is 0.673. The van der Waals surface area contributed by atoms with Crippen LogP contribution in [0.15, 0.2) is 0 Å². The van der Waals surface area contributed by atoms with Crippen LogP contribution in [0.25, 0.3) is 0 Å². The number of ether oxygens (including phenoxy) is 2. The van der Waals surface area contributed by atoms with Crippen molar-refractivity contribution in [3.63, 3.8) is 0 Å². The summed E-state index contributed by atoms with van der Waals surface area (Å²) in [6.07, 6.45) is 4.81. The molecular weight excluding hydrogens is 216 g/mol. The van der Waals surface area contributed by atoms with Crippen LogP contribution in [0.1, 0.15) is 25.7 Å². The van der Waals surface area contributed by atoms with E-state index < -0.39 is 0 Å². The molecule has 0 atom stereocenters. The highest BCUT2D eigenvalue weighted by atomic mass is 16.5. The fourth-order valence-corrected chi connectivity index (χ4v) is 2.47. The van der Waals surface area contributed by atoms with Crippen LogP contribution in [-0.2, 0) is 9.47 Å². The molecule has 1 saturated carbocycles. The molecule has 17 heavy (non-hydrogen) atoms. The first-order chi connectivity index (χ1) is 8.27. The largest absolute Gasteiger partial charge is 0.381 e. The van der Waals surface area contributed by atoms with E-state index in [4.69, 9.17) is 15.2 Å². The highest BCUT2D eigenvalue weighted by Gasteiger charge is 2.34. The zero-order chi connectivity index (χ0) is 12.1. The predicted octanol–water partition coefficient (Wildman–Crippen LogP) is 0.853. The van der Waals surface area contributed by atoms with Gasteiger partial charge in [0.2, 0.25) is 0 Å². The summed E-state index contributed by atoms with van der Waals surface area (Å²) in [7, 11) is 2.17. The smallest absolute Gasteiger partial charge is 0.0593 e. The van der Waals surface area contributed by atoms with Gasteiger partial charge in [0.1, 0.15) is 0 Å². The molecule has 0 radical (unpaired) electrons. The van der Waals surface area contributed by atoms with Crippen molar-refractivity contribution >= 4 is 0 Å². The number of hydrogen-bond acceptors (Lipinski definition) is 4. The van der Waals surface area contributed by atoms with Crippen molar-refractivity contribution < 1.29 is 9.47 Å². The maximum Gasteiger partial charge on any atom is 0.0593 e. The molecule has 1 heterocycles. The van der Waals surface area contributed by atoms with Crippen molar-refractivity contribution in [1.29, 1.82) is 0 Å². The van der Waals surface area contributed by atoms with Gasteiger partial charge in [-0.3, -0.25) is 4.90 Å². The number of hydrogen-bond donors (Lipinski definition) is 1. The maximum absolute atomic E-state index is 5.96. The van der Waals surface area contributed by atoms with Gasteiger partial charge in [0.25, 0.3) is 0 Å². The second-order valence-electron chi connectivity index (χ2n) is 5.48. The van der Waals surface area contributed by atoms with Gasteiger partial charge < -0.3 is 15.2 Å². The molecule has 1 saturated heterocycles. The minimum Gasteiger partial charge on any atom is -0.381 e. The molecule has 0 aromatic carbocycles. The van der Waals surface area contributed by atoms with E-state index in [-0.39, 0.29) is 5.54 Å². The lowest BCUT2D eigenvalue weighted by Crippen LogP contribution is -2.56. The Bertz CT molecular complexity index is 225. The van der Waals surface area contributed by atoms with E-state index in [2.05, 4.69) is 11.9 Å². The minimum absolute atomic E-state index is 0.140. The summed E-state index contributed by atoms with van der Waals surface area (Å²) in [5.41, 5.74) is 6.10. The van der Waals surface area contributed by atoms with Crippen molar-refractivity contribution in [3.8, 4) is 0 Å². The fourth-order valence-electron chi connectivity index (χ4n) is 2.47. The van der Waals surface area contributed by atoms with Crippen molar-refractivity contribution in [2.75, 3.05) is 46.6 Å². The van der Waals surface area contributed by atoms with Crippen LogP contribution in [0.2, 0.25) is 0 Å². The molecule has 100 valence electrons. The van der Waals surface area contributed by atoms with Crippen molar-refractivity contribution in [3.05, 3.63) is 0 Å². The highest BCUT2D eigenvalue weighted by molar-refractivity contribution is 4.92. The van der Waals surface area contributed by atoms with E-state index in [0.717, 1.165) is 58.3 Å². The van der Waals surface area contributed by atoms with Gasteiger partial charge in [-0.25, -0.2) is 0 Å². The van der Waals surface area contributed by atoms with E-state index in [1.54, 1.807) is 0 Å². The molecule has 0 spiro atoms. The highest BCUT2D eigenvalue weighted by Crippen LogP contribution is 2.29. The fraction of sp³-hybridized carbons (Fsp3) is 1.00. The Morgan fingerprint density at radius 2 is 2.06 bits per heavy atom. The Balaban J connectivity index is 1.69. The average molecular weight is 242 g/mol. The van der Waals surface area contributed by atoms with Crippen molar-refractivity contribution in [2.24, 2.45) is 11.7 Å². The molecule has 0 unspecified atom stereocenters. The van der Waals surface area contributed by atoms with Crippen molar-refractivity contribution in [2.45, 2.75) is 31.2 Å². The van der Waals surface area contributed by atoms with Crippen LogP contribution >= 0.6 is 0 Å². The molecular formula is C13H26N2O2. The maximum atomic E-state index is 5.96. The monoisotopic (exact) mass is 242 g/mol. The summed E-state index contributed by atoms with van der Waals surface area (Å²) in [6, 6.07) is 0. The molecule has 1 aliphatic carbocycles. The van der Waals surface area contributed by atoms with Crippen molar-refractivity contribution in [1.82, 2.24) is 4.90 Å². The third kappa shape index (κ3) is 3.65. The first-order valence-electron chi connectivity index (χ1n) is 6.84. The molecule has 4 nitrogen and oxygen atoms in total. The summed E-state index contributed by atoms with van der Waals surface area (Å²) in [6.45, 7) is 5.15. The molecule has 2 rings (SSSR count). The minimum atomic E-state index is 0.140. The van der Waals surface area contributed by atoms with Crippen LogP contribution in [0, 0.1) is 5.92 Å². The van der Waals surface area contributed by atoms with Gasteiger partial charge >= 0.3 is 0 Å². The second kappa shape index (κ2) is 6.14. The topological polar surface area (TPSA) is 47.7 Å². The molecule has 1 aliphatic heterocycles.